The number of carbonyl (C=O) groups excluding carboxylic acids is 4. The number of aromatic hydroxyl groups is 1. The lowest BCUT2D eigenvalue weighted by Crippen LogP contribution is -2.29. The second-order valence-electron chi connectivity index (χ2n) is 17.4. The molecule has 2 aromatic heterocycles. The maximum Gasteiger partial charge on any atom is 0.523 e. The van der Waals surface area contributed by atoms with Gasteiger partial charge in [-0.3, -0.25) is 52.3 Å². The largest absolute Gasteiger partial charge is 0.523 e. The fourth-order valence-corrected chi connectivity index (χ4v) is 11.1. The first kappa shape index (κ1) is 67.1. The molecule has 0 spiro atoms. The Balaban J connectivity index is 0.000000221. The molecule has 86 heavy (non-hydrogen) atoms. The van der Waals surface area contributed by atoms with Gasteiger partial charge in [-0.2, -0.15) is 21.6 Å². The van der Waals surface area contributed by atoms with Gasteiger partial charge in [0.25, 0.3) is 23.6 Å². The number of rotatable bonds is 28. The molecule has 23 nitrogen and oxygen atoms in total. The van der Waals surface area contributed by atoms with Crippen molar-refractivity contribution in [1.29, 1.82) is 0 Å². The number of benzene rings is 4. The van der Waals surface area contributed by atoms with Crippen molar-refractivity contribution in [3.05, 3.63) is 181 Å². The van der Waals surface area contributed by atoms with E-state index in [1.807, 2.05) is 0 Å². The van der Waals surface area contributed by atoms with Crippen LogP contribution in [0.1, 0.15) is 52.6 Å². The van der Waals surface area contributed by atoms with Gasteiger partial charge < -0.3 is 46.9 Å². The lowest BCUT2D eigenvalue weighted by atomic mass is 10.0. The van der Waals surface area contributed by atoms with Crippen molar-refractivity contribution in [3.8, 4) is 23.0 Å². The Morgan fingerprint density at radius 3 is 1.34 bits per heavy atom. The summed E-state index contributed by atoms with van der Waals surface area (Å²) in [7, 11) is -11.0. The lowest BCUT2D eigenvalue weighted by Gasteiger charge is -2.20. The van der Waals surface area contributed by atoms with Crippen LogP contribution in [-0.4, -0.2) is 129 Å². The highest BCUT2D eigenvalue weighted by atomic mass is 32.2. The third-order valence-corrected chi connectivity index (χ3v) is 15.8. The van der Waals surface area contributed by atoms with Crippen LogP contribution < -0.4 is 14.2 Å². The van der Waals surface area contributed by atoms with Crippen molar-refractivity contribution in [1.82, 2.24) is 19.8 Å². The second-order valence-corrected chi connectivity index (χ2v) is 23.0. The Morgan fingerprint density at radius 1 is 0.558 bits per heavy atom. The van der Waals surface area contributed by atoms with E-state index in [9.17, 15) is 63.8 Å². The van der Waals surface area contributed by atoms with Crippen LogP contribution >= 0.6 is 15.2 Å². The number of pyridine rings is 2. The Bertz CT molecular complexity index is 3710. The molecule has 6 aromatic rings. The van der Waals surface area contributed by atoms with E-state index in [1.54, 1.807) is 24.3 Å². The number of imide groups is 2. The quantitative estimate of drug-likeness (QED) is 0.00908. The highest BCUT2D eigenvalue weighted by Gasteiger charge is 2.49. The van der Waals surface area contributed by atoms with E-state index in [0.717, 1.165) is 22.0 Å². The molecule has 1 N–H and O–H groups in total. The summed E-state index contributed by atoms with van der Waals surface area (Å²) in [6.07, 6.45) is 6.12. The predicted octanol–water partition coefficient (Wildman–Crippen LogP) is 10.4. The first-order chi connectivity index (χ1) is 40.9. The lowest BCUT2D eigenvalue weighted by molar-refractivity contribution is -0.0534. The van der Waals surface area contributed by atoms with Gasteiger partial charge in [-0.1, -0.05) is 48.6 Å². The summed E-state index contributed by atoms with van der Waals surface area (Å²) in [5.41, 5.74) is -4.45. The summed E-state index contributed by atoms with van der Waals surface area (Å²) in [4.78, 5) is 63.8. The summed E-state index contributed by atoms with van der Waals surface area (Å²) < 4.78 is 160. The normalized spacial score (nSPS) is 13.2. The summed E-state index contributed by atoms with van der Waals surface area (Å²) >= 11 is 0. The number of phenols is 1. The van der Waals surface area contributed by atoms with Gasteiger partial charge >= 0.3 is 30.8 Å². The zero-order valence-electron chi connectivity index (χ0n) is 45.6. The molecule has 2 aliphatic rings. The number of fused-ring (bicyclic) bond motifs is 4. The second kappa shape index (κ2) is 29.8. The van der Waals surface area contributed by atoms with Crippen molar-refractivity contribution in [2.45, 2.75) is 18.6 Å². The van der Waals surface area contributed by atoms with Crippen LogP contribution in [0.3, 0.4) is 0 Å². The number of phenolic OH excluding ortho intramolecular Hbond substituents is 1. The van der Waals surface area contributed by atoms with Crippen LogP contribution in [0, 0.1) is 11.6 Å². The molecule has 8 rings (SSSR count). The van der Waals surface area contributed by atoms with Crippen molar-refractivity contribution in [2.75, 3.05) is 66.9 Å². The smallest absolute Gasteiger partial charge is 0.506 e. The molecular weight excluding hydrogens is 1210 g/mol. The van der Waals surface area contributed by atoms with Crippen molar-refractivity contribution in [3.63, 3.8) is 0 Å². The third-order valence-electron chi connectivity index (χ3n) is 11.5. The van der Waals surface area contributed by atoms with Gasteiger partial charge in [0.2, 0.25) is 0 Å². The van der Waals surface area contributed by atoms with E-state index in [-0.39, 0.29) is 115 Å². The molecule has 4 heterocycles. The molecule has 0 saturated carbocycles. The molecular formula is C55H53F5N4O19P2S. The minimum Gasteiger partial charge on any atom is -0.506 e. The van der Waals surface area contributed by atoms with Crippen LogP contribution in [-0.2, 0) is 64.1 Å². The molecule has 0 unspecified atom stereocenters. The molecule has 0 radical (unpaired) electrons. The minimum absolute atomic E-state index is 0.0313. The number of aromatic nitrogens is 2. The van der Waals surface area contributed by atoms with E-state index >= 15 is 0 Å². The van der Waals surface area contributed by atoms with Crippen molar-refractivity contribution in [2.24, 2.45) is 0 Å². The molecule has 2 aliphatic heterocycles. The Morgan fingerprint density at radius 2 is 0.930 bits per heavy atom. The third kappa shape index (κ3) is 15.9. The van der Waals surface area contributed by atoms with Crippen LogP contribution in [0.5, 0.6) is 23.0 Å². The topological polar surface area (TPSA) is 281 Å². The molecule has 458 valence electrons. The fraction of sp³-hybridized carbons (Fsp3) is 0.236. The van der Waals surface area contributed by atoms with E-state index in [2.05, 4.69) is 49.5 Å². The average Bonchev–Trinajstić information content (AvgIpc) is 1.98. The fourth-order valence-electron chi connectivity index (χ4n) is 7.79. The zero-order chi connectivity index (χ0) is 63.0. The summed E-state index contributed by atoms with van der Waals surface area (Å²) in [6.45, 7) is 12.2. The van der Waals surface area contributed by atoms with E-state index in [4.69, 9.17) is 32.7 Å². The highest BCUT2D eigenvalue weighted by molar-refractivity contribution is 7.87. The summed E-state index contributed by atoms with van der Waals surface area (Å²) in [6, 6.07) is 17.3. The molecule has 0 bridgehead atoms. The first-order valence-electron chi connectivity index (χ1n) is 24.7. The monoisotopic (exact) mass is 1260 g/mol. The van der Waals surface area contributed by atoms with Gasteiger partial charge in [-0.25, -0.2) is 8.78 Å². The van der Waals surface area contributed by atoms with Gasteiger partial charge in [-0.15, -0.1) is 26.3 Å². The summed E-state index contributed by atoms with van der Waals surface area (Å²) in [5, 5.41) is 11.3. The number of ether oxygens (including phenoxy) is 5. The van der Waals surface area contributed by atoms with Gasteiger partial charge in [0.05, 0.1) is 50.6 Å². The van der Waals surface area contributed by atoms with Crippen molar-refractivity contribution < 1.29 is 110 Å². The molecule has 0 fully saturated rings. The average molecular weight is 1260 g/mol. The standard InChI is InChI=1S/C27H26FN2O8P.C20H15FN2O5.C8H12F3O6PS/c1-4-13-37-39(33,38-14-5-2)17-36-24-20-7-6-12-29-23(20)25(35-16-34-3)22-21(24)26(31)30(27(22)32)15-18-8-10-19(28)11-9-18;1-27-10-28-18-15-14(17(24)13-3-2-8-22-16(13)18)19(25)23(20(15)26)9-11-4-6-12(21)7-5-11;1-3-5-15-18(12,16-6-4-2)7-17-19(13,14)8(9,10)11/h4-12H,1-2,13-17H2,3H3;2-8,24H,9-10H2,1H3;3-4H,1-2,5-7H2. The van der Waals surface area contributed by atoms with Gasteiger partial charge in [-0.05, 0) is 59.7 Å². The molecule has 0 aliphatic carbocycles. The van der Waals surface area contributed by atoms with Crippen LogP contribution in [0.15, 0.2) is 136 Å². The first-order valence-corrected chi connectivity index (χ1v) is 29.6. The Labute approximate surface area is 487 Å². The SMILES string of the molecule is C=CCOP(=O)(COS(=O)(=O)C(F)(F)F)OCC=C.C=CCOP(=O)(COc1c2c(c(OCOC)c3ncccc13)C(=O)N(Cc1ccc(F)cc1)C2=O)OCC=C.COCOc1c2c(c(O)c3cccnc13)C(=O)N(Cc1ccc(F)cc1)C2=O. The number of nitrogens with zero attached hydrogens (tertiary/aromatic N) is 4. The van der Waals surface area contributed by atoms with Gasteiger partial charge in [0.15, 0.2) is 37.8 Å². The number of hydrogen-bond acceptors (Lipinski definition) is 21. The molecule has 31 heteroatoms. The maximum atomic E-state index is 13.7. The molecule has 4 amide bonds. The summed E-state index contributed by atoms with van der Waals surface area (Å²) in [5.74, 6) is -3.78. The number of alkyl halides is 3. The zero-order valence-corrected chi connectivity index (χ0v) is 48.2. The number of methoxy groups -OCH3 is 2. The molecule has 0 atom stereocenters. The minimum atomic E-state index is -5.86. The van der Waals surface area contributed by atoms with Gasteiger partial charge in [0, 0.05) is 37.4 Å². The number of hydrogen-bond donors (Lipinski definition) is 1. The van der Waals surface area contributed by atoms with Crippen LogP contribution in [0.4, 0.5) is 22.0 Å². The van der Waals surface area contributed by atoms with Crippen LogP contribution in [0.2, 0.25) is 0 Å². The van der Waals surface area contributed by atoms with E-state index < -0.39 is 78.8 Å². The Hall–Kier alpha value is -8.08. The number of carbonyl (C=O) groups is 4. The highest BCUT2D eigenvalue weighted by Crippen LogP contribution is 2.52. The predicted molar refractivity (Wildman–Crippen MR) is 298 cm³/mol. The van der Waals surface area contributed by atoms with E-state index in [1.165, 1.54) is 87.3 Å². The Kier molecular flexibility index (Phi) is 23.3. The van der Waals surface area contributed by atoms with Crippen molar-refractivity contribution >= 4 is 70.7 Å². The molecule has 4 aromatic carbocycles. The number of halogens is 5. The number of amides is 4. The maximum absolute atomic E-state index is 13.7. The van der Waals surface area contributed by atoms with Gasteiger partial charge in [0.1, 0.15) is 45.3 Å². The van der Waals surface area contributed by atoms with E-state index in [0.29, 0.717) is 16.5 Å². The molecule has 0 saturated heterocycles. The van der Waals surface area contributed by atoms with Crippen LogP contribution in [0.25, 0.3) is 21.8 Å².